The quantitative estimate of drug-likeness (QED) is 0.562. The lowest BCUT2D eigenvalue weighted by atomic mass is 10.2. The fourth-order valence-corrected chi connectivity index (χ4v) is 2.34. The minimum atomic E-state index is -0.587. The number of carbonyl (C=O) groups excluding carboxylic acids is 1. The number of hydrogen-bond acceptors (Lipinski definition) is 7. The van der Waals surface area contributed by atoms with Crippen LogP contribution in [0.4, 0.5) is 17.5 Å². The van der Waals surface area contributed by atoms with Crippen LogP contribution in [0.1, 0.15) is 23.0 Å². The highest BCUT2D eigenvalue weighted by atomic mass is 16.1. The maximum atomic E-state index is 11.6. The van der Waals surface area contributed by atoms with E-state index < -0.39 is 5.91 Å². The van der Waals surface area contributed by atoms with E-state index in [-0.39, 0.29) is 5.56 Å². The Labute approximate surface area is 150 Å². The summed E-state index contributed by atoms with van der Waals surface area (Å²) in [6, 6.07) is 5.74. The first kappa shape index (κ1) is 17.3. The van der Waals surface area contributed by atoms with Crippen molar-refractivity contribution >= 4 is 23.4 Å². The van der Waals surface area contributed by atoms with Crippen LogP contribution in [0.3, 0.4) is 0 Å². The molecule has 0 aliphatic carbocycles. The summed E-state index contributed by atoms with van der Waals surface area (Å²) in [6.45, 7) is 3.32. The van der Waals surface area contributed by atoms with Crippen LogP contribution in [-0.4, -0.2) is 37.2 Å². The molecule has 4 N–H and O–H groups in total. The van der Waals surface area contributed by atoms with Gasteiger partial charge in [0.25, 0.3) is 5.91 Å². The number of anilines is 3. The van der Waals surface area contributed by atoms with Crippen molar-refractivity contribution in [1.82, 2.24) is 24.7 Å². The molecule has 0 saturated carbocycles. The number of nitrogens with two attached hydrogens (primary N) is 1. The molecule has 0 unspecified atom stereocenters. The van der Waals surface area contributed by atoms with Gasteiger partial charge in [0.1, 0.15) is 5.82 Å². The number of hydrogen-bond donors (Lipinski definition) is 3. The van der Waals surface area contributed by atoms with Crippen molar-refractivity contribution in [3.8, 4) is 0 Å². The number of nitrogens with one attached hydrogen (secondary N) is 2. The molecule has 0 aromatic carbocycles. The SMILES string of the molecule is CCn1cc(Nc2ncc(C(N)=O)c(NCCc3ccccn3)n2)cn1. The monoisotopic (exact) mass is 352 g/mol. The summed E-state index contributed by atoms with van der Waals surface area (Å²) in [5.74, 6) is 0.149. The average Bonchev–Trinajstić information content (AvgIpc) is 3.10. The van der Waals surface area contributed by atoms with Gasteiger partial charge in [0.05, 0.1) is 17.4 Å². The molecule has 0 radical (unpaired) electrons. The lowest BCUT2D eigenvalue weighted by molar-refractivity contribution is 0.100. The van der Waals surface area contributed by atoms with Crippen molar-refractivity contribution < 1.29 is 4.79 Å². The van der Waals surface area contributed by atoms with Crippen LogP contribution >= 0.6 is 0 Å². The number of carbonyl (C=O) groups is 1. The summed E-state index contributed by atoms with van der Waals surface area (Å²) in [4.78, 5) is 24.4. The third kappa shape index (κ3) is 4.32. The molecule has 0 saturated heterocycles. The van der Waals surface area contributed by atoms with Crippen LogP contribution in [0.15, 0.2) is 43.0 Å². The zero-order valence-electron chi connectivity index (χ0n) is 14.4. The van der Waals surface area contributed by atoms with Crippen molar-refractivity contribution in [3.63, 3.8) is 0 Å². The first-order valence-electron chi connectivity index (χ1n) is 8.26. The molecule has 9 heteroatoms. The summed E-state index contributed by atoms with van der Waals surface area (Å²) >= 11 is 0. The van der Waals surface area contributed by atoms with E-state index in [4.69, 9.17) is 5.73 Å². The second-order valence-corrected chi connectivity index (χ2v) is 5.53. The highest BCUT2D eigenvalue weighted by molar-refractivity contribution is 5.97. The molecule has 0 atom stereocenters. The van der Waals surface area contributed by atoms with Gasteiger partial charge in [-0.15, -0.1) is 0 Å². The summed E-state index contributed by atoms with van der Waals surface area (Å²) in [5.41, 5.74) is 7.36. The molecule has 0 fully saturated rings. The molecular formula is C17H20N8O. The van der Waals surface area contributed by atoms with Gasteiger partial charge in [-0.25, -0.2) is 4.98 Å². The van der Waals surface area contributed by atoms with Gasteiger partial charge in [0.15, 0.2) is 0 Å². The predicted octanol–water partition coefficient (Wildman–Crippen LogP) is 1.59. The van der Waals surface area contributed by atoms with Gasteiger partial charge in [-0.3, -0.25) is 14.5 Å². The van der Waals surface area contributed by atoms with Crippen LogP contribution in [0.2, 0.25) is 0 Å². The fourth-order valence-electron chi connectivity index (χ4n) is 2.34. The summed E-state index contributed by atoms with van der Waals surface area (Å²) in [7, 11) is 0. The molecule has 0 bridgehead atoms. The van der Waals surface area contributed by atoms with Gasteiger partial charge in [-0.1, -0.05) is 6.07 Å². The van der Waals surface area contributed by atoms with Crippen molar-refractivity contribution in [2.24, 2.45) is 5.73 Å². The first-order valence-corrected chi connectivity index (χ1v) is 8.26. The average molecular weight is 352 g/mol. The van der Waals surface area contributed by atoms with Gasteiger partial charge in [0, 0.05) is 43.8 Å². The van der Waals surface area contributed by atoms with Crippen LogP contribution in [-0.2, 0) is 13.0 Å². The Morgan fingerprint density at radius 2 is 2.15 bits per heavy atom. The molecule has 0 spiro atoms. The zero-order chi connectivity index (χ0) is 18.4. The Morgan fingerprint density at radius 3 is 2.85 bits per heavy atom. The van der Waals surface area contributed by atoms with Crippen LogP contribution < -0.4 is 16.4 Å². The second kappa shape index (κ2) is 8.06. The highest BCUT2D eigenvalue weighted by Crippen LogP contribution is 2.17. The van der Waals surface area contributed by atoms with E-state index in [1.54, 1.807) is 17.1 Å². The summed E-state index contributed by atoms with van der Waals surface area (Å²) in [6.07, 6.45) is 7.37. The van der Waals surface area contributed by atoms with E-state index in [9.17, 15) is 4.79 Å². The smallest absolute Gasteiger partial charge is 0.254 e. The van der Waals surface area contributed by atoms with Crippen LogP contribution in [0, 0.1) is 0 Å². The molecule has 3 aromatic heterocycles. The molecule has 26 heavy (non-hydrogen) atoms. The van der Waals surface area contributed by atoms with Gasteiger partial charge < -0.3 is 16.4 Å². The van der Waals surface area contributed by atoms with E-state index >= 15 is 0 Å². The topological polar surface area (TPSA) is 124 Å². The lowest BCUT2D eigenvalue weighted by Crippen LogP contribution is -2.18. The largest absolute Gasteiger partial charge is 0.369 e. The number of aryl methyl sites for hydroxylation is 1. The Hall–Kier alpha value is -3.49. The maximum Gasteiger partial charge on any atom is 0.254 e. The molecule has 1 amide bonds. The molecule has 0 aliphatic heterocycles. The molecule has 134 valence electrons. The summed E-state index contributed by atoms with van der Waals surface area (Å²) < 4.78 is 1.78. The van der Waals surface area contributed by atoms with E-state index in [1.165, 1.54) is 6.20 Å². The third-order valence-electron chi connectivity index (χ3n) is 3.67. The summed E-state index contributed by atoms with van der Waals surface area (Å²) in [5, 5.41) is 10.4. The number of primary amides is 1. The Balaban J connectivity index is 1.72. The van der Waals surface area contributed by atoms with Crippen molar-refractivity contribution in [2.75, 3.05) is 17.2 Å². The second-order valence-electron chi connectivity index (χ2n) is 5.53. The lowest BCUT2D eigenvalue weighted by Gasteiger charge is -2.10. The van der Waals surface area contributed by atoms with Crippen molar-refractivity contribution in [1.29, 1.82) is 0 Å². The number of amides is 1. The maximum absolute atomic E-state index is 11.6. The minimum absolute atomic E-state index is 0.237. The number of pyridine rings is 1. The normalized spacial score (nSPS) is 10.5. The number of nitrogens with zero attached hydrogens (tertiary/aromatic N) is 5. The molecule has 3 rings (SSSR count). The van der Waals surface area contributed by atoms with Crippen molar-refractivity contribution in [2.45, 2.75) is 19.9 Å². The van der Waals surface area contributed by atoms with E-state index in [1.807, 2.05) is 31.3 Å². The molecule has 0 aliphatic rings. The van der Waals surface area contributed by atoms with E-state index in [0.29, 0.717) is 24.7 Å². The van der Waals surface area contributed by atoms with Gasteiger partial charge in [0.2, 0.25) is 5.95 Å². The minimum Gasteiger partial charge on any atom is -0.369 e. The van der Waals surface area contributed by atoms with Gasteiger partial charge >= 0.3 is 0 Å². The van der Waals surface area contributed by atoms with Crippen LogP contribution in [0.5, 0.6) is 0 Å². The van der Waals surface area contributed by atoms with E-state index in [0.717, 1.165) is 17.9 Å². The van der Waals surface area contributed by atoms with Gasteiger partial charge in [-0.05, 0) is 19.1 Å². The van der Waals surface area contributed by atoms with Gasteiger partial charge in [-0.2, -0.15) is 10.1 Å². The molecule has 9 nitrogen and oxygen atoms in total. The molecule has 3 heterocycles. The Kier molecular flexibility index (Phi) is 5.37. The zero-order valence-corrected chi connectivity index (χ0v) is 14.4. The predicted molar refractivity (Wildman–Crippen MR) is 98.2 cm³/mol. The Morgan fingerprint density at radius 1 is 1.27 bits per heavy atom. The standard InChI is InChI=1S/C17H20N8O/c1-2-25-11-13(9-22-25)23-17-21-10-14(15(18)26)16(24-17)20-8-6-12-5-3-4-7-19-12/h3-5,7,9-11H,2,6,8H2,1H3,(H2,18,26)(H2,20,21,23,24). The molecule has 3 aromatic rings. The van der Waals surface area contributed by atoms with Crippen molar-refractivity contribution in [3.05, 3.63) is 54.2 Å². The highest BCUT2D eigenvalue weighted by Gasteiger charge is 2.12. The van der Waals surface area contributed by atoms with E-state index in [2.05, 4.69) is 30.7 Å². The Bertz CT molecular complexity index is 877. The molecular weight excluding hydrogens is 332 g/mol. The third-order valence-corrected chi connectivity index (χ3v) is 3.67. The number of aromatic nitrogens is 5. The first-order chi connectivity index (χ1) is 12.7. The number of rotatable bonds is 8. The van der Waals surface area contributed by atoms with Crippen LogP contribution in [0.25, 0.3) is 0 Å². The fraction of sp³-hybridized carbons (Fsp3) is 0.235.